The van der Waals surface area contributed by atoms with Crippen LogP contribution in [-0.4, -0.2) is 49.1 Å². The zero-order chi connectivity index (χ0) is 13.7. The van der Waals surface area contributed by atoms with Crippen LogP contribution in [0.15, 0.2) is 0 Å². The summed E-state index contributed by atoms with van der Waals surface area (Å²) < 4.78 is 59.9. The second-order valence-electron chi connectivity index (χ2n) is 1.47. The van der Waals surface area contributed by atoms with Gasteiger partial charge in [-0.1, -0.05) is 0 Å². The van der Waals surface area contributed by atoms with E-state index in [-0.39, 0.29) is 0 Å². The first-order chi connectivity index (χ1) is 7.40. The summed E-state index contributed by atoms with van der Waals surface area (Å²) in [5.41, 5.74) is 0. The molecule has 0 unspecified atom stereocenters. The second kappa shape index (κ2) is 3.82. The van der Waals surface area contributed by atoms with Crippen molar-refractivity contribution in [2.45, 2.75) is 0 Å². The quantitative estimate of drug-likeness (QED) is 0.507. The molecule has 1 saturated heterocycles. The molecule has 9 heavy (non-hydrogen) atoms. The first kappa shape index (κ1) is 1.94. The Morgan fingerprint density at radius 1 is 1.56 bits per heavy atom. The van der Waals surface area contributed by atoms with Crippen LogP contribution >= 0.6 is 0 Å². The fourth-order valence-corrected chi connectivity index (χ4v) is 0.462. The molecule has 0 amide bonds. The molecule has 3 nitrogen and oxygen atoms in total. The number of β-amino-alcohol motifs (C(OH)–C–C–N with tert-alkyl or cyclic N) is 1. The van der Waals surface area contributed by atoms with Crippen LogP contribution in [0.3, 0.4) is 0 Å². The van der Waals surface area contributed by atoms with Gasteiger partial charge in [-0.15, -0.1) is 0 Å². The van der Waals surface area contributed by atoms with Gasteiger partial charge in [0.05, 0.1) is 6.61 Å². The maximum absolute atomic E-state index is 8.78. The minimum absolute atomic E-state index is 0.358. The first-order valence-corrected chi connectivity index (χ1v) is 2.58. The molecule has 0 aromatic carbocycles. The number of hydrogen-bond donors (Lipinski definition) is 2. The Hall–Kier alpha value is -0.120. The lowest BCUT2D eigenvalue weighted by atomic mass is 10.4. The van der Waals surface area contributed by atoms with E-state index < -0.39 is 39.1 Å². The monoisotopic (exact) mass is 138 g/mol. The van der Waals surface area contributed by atoms with Gasteiger partial charge in [-0.2, -0.15) is 0 Å². The lowest BCUT2D eigenvalue weighted by Gasteiger charge is -2.25. The van der Waals surface area contributed by atoms with Crippen molar-refractivity contribution in [3.8, 4) is 0 Å². The van der Waals surface area contributed by atoms with Crippen LogP contribution in [-0.2, 0) is 0 Å². The number of piperazine rings is 1. The SMILES string of the molecule is [2H]C1([2H])NC([2H])([2H])C([2H])([2H])N(CCO)C1([2H])[2H]. The van der Waals surface area contributed by atoms with Gasteiger partial charge in [0.25, 0.3) is 0 Å². The van der Waals surface area contributed by atoms with Crippen molar-refractivity contribution in [2.75, 3.05) is 39.1 Å². The molecule has 3 heteroatoms. The average molecular weight is 138 g/mol. The van der Waals surface area contributed by atoms with E-state index in [9.17, 15) is 0 Å². The summed E-state index contributed by atoms with van der Waals surface area (Å²) in [5.74, 6) is 0. The molecule has 1 rings (SSSR count). The molecular formula is C6H14N2O. The van der Waals surface area contributed by atoms with Crippen LogP contribution in [0, 0.1) is 0 Å². The van der Waals surface area contributed by atoms with Gasteiger partial charge in [-0.3, -0.25) is 4.90 Å². The van der Waals surface area contributed by atoms with Gasteiger partial charge in [0.15, 0.2) is 0 Å². The number of nitrogens with zero attached hydrogens (tertiary/aromatic N) is 1. The lowest BCUT2D eigenvalue weighted by molar-refractivity contribution is 0.180. The van der Waals surface area contributed by atoms with Crippen molar-refractivity contribution in [3.05, 3.63) is 0 Å². The molecule has 0 aromatic rings. The van der Waals surface area contributed by atoms with Crippen LogP contribution in [0.4, 0.5) is 0 Å². The van der Waals surface area contributed by atoms with Crippen molar-refractivity contribution in [1.82, 2.24) is 10.2 Å². The van der Waals surface area contributed by atoms with Gasteiger partial charge >= 0.3 is 0 Å². The fraction of sp³-hybridized carbons (Fsp3) is 1.00. The third-order valence-corrected chi connectivity index (χ3v) is 0.830. The molecule has 0 spiro atoms. The van der Waals surface area contributed by atoms with Gasteiger partial charge in [0.1, 0.15) is 0 Å². The molecular weight excluding hydrogens is 116 g/mol. The Bertz CT molecular complexity index is 280. The highest BCUT2D eigenvalue weighted by molar-refractivity contribution is 4.66. The van der Waals surface area contributed by atoms with Crippen LogP contribution < -0.4 is 5.32 Å². The average Bonchev–Trinajstić information content (AvgIpc) is 2.09. The molecule has 0 bridgehead atoms. The molecule has 2 N–H and O–H groups in total. The van der Waals surface area contributed by atoms with E-state index in [1.807, 2.05) is 0 Å². The highest BCUT2D eigenvalue weighted by atomic mass is 16.3. The third-order valence-electron chi connectivity index (χ3n) is 0.830. The van der Waals surface area contributed by atoms with Gasteiger partial charge in [-0.25, -0.2) is 0 Å². The Morgan fingerprint density at radius 3 is 2.78 bits per heavy atom. The summed E-state index contributed by atoms with van der Waals surface area (Å²) in [4.78, 5) is 0.358. The number of rotatable bonds is 2. The number of aliphatic hydroxyl groups excluding tert-OH is 1. The van der Waals surface area contributed by atoms with E-state index in [0.717, 1.165) is 0 Å². The van der Waals surface area contributed by atoms with Crippen molar-refractivity contribution in [2.24, 2.45) is 0 Å². The standard InChI is InChI=1S/C6H14N2O/c9-6-5-8-3-1-7-2-4-8/h7,9H,1-6H2/i1D2,2D2,3D2,4D2. The van der Waals surface area contributed by atoms with Crippen molar-refractivity contribution in [3.63, 3.8) is 0 Å². The fourth-order valence-electron chi connectivity index (χ4n) is 0.462. The first-order valence-electron chi connectivity index (χ1n) is 6.58. The Morgan fingerprint density at radius 2 is 2.22 bits per heavy atom. The largest absolute Gasteiger partial charge is 0.395 e. The molecule has 0 saturated carbocycles. The highest BCUT2D eigenvalue weighted by Gasteiger charge is 2.06. The molecule has 1 fully saturated rings. The molecule has 0 aromatic heterocycles. The van der Waals surface area contributed by atoms with Gasteiger partial charge in [-0.05, 0) is 0 Å². The van der Waals surface area contributed by atoms with E-state index in [4.69, 9.17) is 16.1 Å². The van der Waals surface area contributed by atoms with E-state index in [0.29, 0.717) is 4.90 Å². The molecule has 1 aliphatic heterocycles. The summed E-state index contributed by atoms with van der Waals surface area (Å²) in [7, 11) is 0. The van der Waals surface area contributed by atoms with E-state index in [2.05, 4.69) is 0 Å². The van der Waals surface area contributed by atoms with E-state index in [1.165, 1.54) is 0 Å². The van der Waals surface area contributed by atoms with Crippen LogP contribution in [0.5, 0.6) is 0 Å². The summed E-state index contributed by atoms with van der Waals surface area (Å²) in [6, 6.07) is 0. The van der Waals surface area contributed by atoms with Crippen LogP contribution in [0.25, 0.3) is 0 Å². The number of aliphatic hydroxyl groups is 1. The Kier molecular flexibility index (Phi) is 0.822. The minimum Gasteiger partial charge on any atom is -0.395 e. The van der Waals surface area contributed by atoms with Gasteiger partial charge < -0.3 is 10.4 Å². The maximum atomic E-state index is 8.78. The predicted molar refractivity (Wildman–Crippen MR) is 36.4 cm³/mol. The second-order valence-corrected chi connectivity index (χ2v) is 1.47. The molecule has 0 radical (unpaired) electrons. The number of hydrogen-bond acceptors (Lipinski definition) is 3. The van der Waals surface area contributed by atoms with E-state index in [1.54, 1.807) is 5.32 Å². The van der Waals surface area contributed by atoms with E-state index >= 15 is 0 Å². The smallest absolute Gasteiger partial charge is 0.0558 e. The van der Waals surface area contributed by atoms with Gasteiger partial charge in [0.2, 0.25) is 0 Å². The molecule has 1 aliphatic rings. The molecule has 0 aliphatic carbocycles. The van der Waals surface area contributed by atoms with Crippen LogP contribution in [0.1, 0.15) is 11.0 Å². The van der Waals surface area contributed by atoms with Gasteiger partial charge in [0, 0.05) is 43.5 Å². The topological polar surface area (TPSA) is 35.5 Å². The summed E-state index contributed by atoms with van der Waals surface area (Å²) >= 11 is 0. The predicted octanol–water partition coefficient (Wildman–Crippen LogP) is -1.12. The third kappa shape index (κ3) is 2.30. The summed E-state index contributed by atoms with van der Waals surface area (Å²) in [6.45, 7) is -12.3. The summed E-state index contributed by atoms with van der Waals surface area (Å²) in [5, 5.41) is 10.5. The number of nitrogens with one attached hydrogen (secondary N) is 1. The van der Waals surface area contributed by atoms with Crippen LogP contribution in [0.2, 0.25) is 0 Å². The van der Waals surface area contributed by atoms with Crippen molar-refractivity contribution >= 4 is 0 Å². The molecule has 0 atom stereocenters. The minimum atomic E-state index is -2.79. The highest BCUT2D eigenvalue weighted by Crippen LogP contribution is 1.88. The van der Waals surface area contributed by atoms with Crippen molar-refractivity contribution in [1.29, 1.82) is 0 Å². The maximum Gasteiger partial charge on any atom is 0.0558 e. The van der Waals surface area contributed by atoms with Crippen molar-refractivity contribution < 1.29 is 16.1 Å². The molecule has 54 valence electrons. The zero-order valence-corrected chi connectivity index (χ0v) is 4.81. The normalized spacial score (nSPS) is 57.9. The Balaban J connectivity index is 3.27. The molecule has 1 heterocycles. The zero-order valence-electron chi connectivity index (χ0n) is 12.8. The Labute approximate surface area is 66.9 Å². The lowest BCUT2D eigenvalue weighted by Crippen LogP contribution is -2.44. The summed E-state index contributed by atoms with van der Waals surface area (Å²) in [6.07, 6.45) is 0.